The summed E-state index contributed by atoms with van der Waals surface area (Å²) in [4.78, 5) is 12.2. The number of carbonyl (C=O) groups is 1. The van der Waals surface area contributed by atoms with E-state index in [0.29, 0.717) is 16.9 Å². The monoisotopic (exact) mass is 290 g/mol. The van der Waals surface area contributed by atoms with E-state index in [1.807, 2.05) is 6.07 Å². The summed E-state index contributed by atoms with van der Waals surface area (Å²) in [6.07, 6.45) is 5.52. The Kier molecular flexibility index (Phi) is 5.15. The lowest BCUT2D eigenvalue weighted by atomic mass is 9.75. The molecule has 0 radical (unpaired) electrons. The normalized spacial score (nSPS) is 20.8. The van der Waals surface area contributed by atoms with Crippen LogP contribution in [-0.4, -0.2) is 28.7 Å². The molecule has 2 N–H and O–H groups in total. The van der Waals surface area contributed by atoms with Gasteiger partial charge in [-0.1, -0.05) is 27.2 Å². The van der Waals surface area contributed by atoms with Crippen LogP contribution in [0.25, 0.3) is 0 Å². The van der Waals surface area contributed by atoms with E-state index < -0.39 is 0 Å². The predicted molar refractivity (Wildman–Crippen MR) is 84.3 cm³/mol. The summed E-state index contributed by atoms with van der Waals surface area (Å²) in [7, 11) is 0. The third-order valence-corrected chi connectivity index (χ3v) is 3.99. The molecular weight excluding hydrogens is 264 g/mol. The Morgan fingerprint density at radius 1 is 1.38 bits per heavy atom. The number of anilines is 1. The maximum absolute atomic E-state index is 12.2. The van der Waals surface area contributed by atoms with E-state index >= 15 is 0 Å². The van der Waals surface area contributed by atoms with Crippen molar-refractivity contribution in [1.29, 1.82) is 0 Å². The van der Waals surface area contributed by atoms with Crippen LogP contribution in [0, 0.1) is 5.41 Å². The number of rotatable bonds is 5. The largest absolute Gasteiger partial charge is 0.369 e. The summed E-state index contributed by atoms with van der Waals surface area (Å²) < 4.78 is 0. The van der Waals surface area contributed by atoms with Crippen LogP contribution in [0.1, 0.15) is 63.4 Å². The molecule has 1 saturated carbocycles. The second kappa shape index (κ2) is 6.87. The molecule has 116 valence electrons. The molecule has 2 rings (SSSR count). The molecule has 1 aliphatic carbocycles. The highest BCUT2D eigenvalue weighted by Gasteiger charge is 2.29. The molecule has 1 aliphatic rings. The van der Waals surface area contributed by atoms with Gasteiger partial charge in [-0.15, -0.1) is 10.2 Å². The molecule has 1 fully saturated rings. The molecule has 0 saturated heterocycles. The van der Waals surface area contributed by atoms with Crippen LogP contribution < -0.4 is 10.6 Å². The SMILES string of the molecule is CCCNc1ccc(C(=O)NC2CCCC(C)(C)C2)nn1. The summed E-state index contributed by atoms with van der Waals surface area (Å²) in [5, 5.41) is 14.3. The maximum atomic E-state index is 12.2. The molecule has 1 aromatic heterocycles. The lowest BCUT2D eigenvalue weighted by Crippen LogP contribution is -2.41. The Morgan fingerprint density at radius 2 is 2.19 bits per heavy atom. The summed E-state index contributed by atoms with van der Waals surface area (Å²) in [5.74, 6) is 0.597. The fraction of sp³-hybridized carbons (Fsp3) is 0.688. The van der Waals surface area contributed by atoms with Crippen LogP contribution in [0.2, 0.25) is 0 Å². The highest BCUT2D eigenvalue weighted by molar-refractivity contribution is 5.92. The van der Waals surface area contributed by atoms with Gasteiger partial charge in [0.1, 0.15) is 5.82 Å². The molecule has 5 nitrogen and oxygen atoms in total. The Balaban J connectivity index is 1.91. The Bertz CT molecular complexity index is 470. The molecule has 0 bridgehead atoms. The molecule has 1 heterocycles. The van der Waals surface area contributed by atoms with Gasteiger partial charge >= 0.3 is 0 Å². The number of carbonyl (C=O) groups excluding carboxylic acids is 1. The Hall–Kier alpha value is -1.65. The van der Waals surface area contributed by atoms with Crippen LogP contribution in [0.5, 0.6) is 0 Å². The van der Waals surface area contributed by atoms with Crippen LogP contribution in [0.4, 0.5) is 5.82 Å². The highest BCUT2D eigenvalue weighted by Crippen LogP contribution is 2.35. The number of nitrogens with zero attached hydrogens (tertiary/aromatic N) is 2. The van der Waals surface area contributed by atoms with E-state index in [1.165, 1.54) is 12.8 Å². The van der Waals surface area contributed by atoms with E-state index in [9.17, 15) is 4.79 Å². The number of amides is 1. The van der Waals surface area contributed by atoms with Crippen molar-refractivity contribution in [2.24, 2.45) is 5.41 Å². The van der Waals surface area contributed by atoms with Crippen molar-refractivity contribution in [3.63, 3.8) is 0 Å². The van der Waals surface area contributed by atoms with Crippen LogP contribution in [0.3, 0.4) is 0 Å². The lowest BCUT2D eigenvalue weighted by molar-refractivity contribution is 0.0896. The van der Waals surface area contributed by atoms with Crippen molar-refractivity contribution in [2.75, 3.05) is 11.9 Å². The van der Waals surface area contributed by atoms with Crippen molar-refractivity contribution in [1.82, 2.24) is 15.5 Å². The zero-order valence-electron chi connectivity index (χ0n) is 13.3. The van der Waals surface area contributed by atoms with E-state index in [2.05, 4.69) is 41.6 Å². The second-order valence-electron chi connectivity index (χ2n) is 6.66. The fourth-order valence-corrected chi connectivity index (χ4v) is 2.88. The van der Waals surface area contributed by atoms with Crippen molar-refractivity contribution >= 4 is 11.7 Å². The van der Waals surface area contributed by atoms with Gasteiger partial charge in [-0.3, -0.25) is 4.79 Å². The third-order valence-electron chi connectivity index (χ3n) is 3.99. The Labute approximate surface area is 126 Å². The van der Waals surface area contributed by atoms with Gasteiger partial charge in [0.25, 0.3) is 5.91 Å². The molecule has 0 aromatic carbocycles. The molecule has 1 aromatic rings. The summed E-state index contributed by atoms with van der Waals surface area (Å²) >= 11 is 0. The molecule has 21 heavy (non-hydrogen) atoms. The minimum atomic E-state index is -0.118. The average Bonchev–Trinajstić information content (AvgIpc) is 2.44. The Morgan fingerprint density at radius 3 is 2.81 bits per heavy atom. The smallest absolute Gasteiger partial charge is 0.272 e. The minimum Gasteiger partial charge on any atom is -0.369 e. The van der Waals surface area contributed by atoms with Gasteiger partial charge in [0.05, 0.1) is 0 Å². The van der Waals surface area contributed by atoms with Crippen molar-refractivity contribution in [3.8, 4) is 0 Å². The molecule has 5 heteroatoms. The zero-order valence-corrected chi connectivity index (χ0v) is 13.3. The number of hydrogen-bond donors (Lipinski definition) is 2. The van der Waals surface area contributed by atoms with E-state index in [-0.39, 0.29) is 11.9 Å². The standard InChI is InChI=1S/C16H26N4O/c1-4-10-17-14-8-7-13(19-20-14)15(21)18-12-6-5-9-16(2,3)11-12/h7-8,12H,4-6,9-11H2,1-3H3,(H,17,20)(H,18,21). The molecule has 0 aliphatic heterocycles. The van der Waals surface area contributed by atoms with Gasteiger partial charge in [-0.25, -0.2) is 0 Å². The van der Waals surface area contributed by atoms with E-state index in [1.54, 1.807) is 6.07 Å². The first-order chi connectivity index (χ1) is 10.00. The topological polar surface area (TPSA) is 66.9 Å². The quantitative estimate of drug-likeness (QED) is 0.875. The lowest BCUT2D eigenvalue weighted by Gasteiger charge is -2.35. The summed E-state index contributed by atoms with van der Waals surface area (Å²) in [6, 6.07) is 3.79. The van der Waals surface area contributed by atoms with E-state index in [4.69, 9.17) is 0 Å². The van der Waals surface area contributed by atoms with Gasteiger partial charge in [-0.05, 0) is 43.2 Å². The predicted octanol–water partition coefficient (Wildman–Crippen LogP) is 3.00. The van der Waals surface area contributed by atoms with Crippen LogP contribution in [0.15, 0.2) is 12.1 Å². The van der Waals surface area contributed by atoms with Crippen LogP contribution in [-0.2, 0) is 0 Å². The molecular formula is C16H26N4O. The first-order valence-electron chi connectivity index (χ1n) is 7.88. The summed E-state index contributed by atoms with van der Waals surface area (Å²) in [5.41, 5.74) is 0.705. The van der Waals surface area contributed by atoms with E-state index in [0.717, 1.165) is 25.8 Å². The van der Waals surface area contributed by atoms with Gasteiger partial charge in [0.15, 0.2) is 5.69 Å². The van der Waals surface area contributed by atoms with Gasteiger partial charge in [-0.2, -0.15) is 0 Å². The fourth-order valence-electron chi connectivity index (χ4n) is 2.88. The molecule has 1 unspecified atom stereocenters. The average molecular weight is 290 g/mol. The second-order valence-corrected chi connectivity index (χ2v) is 6.66. The molecule has 1 amide bonds. The zero-order chi connectivity index (χ0) is 15.3. The van der Waals surface area contributed by atoms with Gasteiger partial charge in [0, 0.05) is 12.6 Å². The van der Waals surface area contributed by atoms with Gasteiger partial charge in [0.2, 0.25) is 0 Å². The first-order valence-corrected chi connectivity index (χ1v) is 7.88. The van der Waals surface area contributed by atoms with Crippen molar-refractivity contribution < 1.29 is 4.79 Å². The minimum absolute atomic E-state index is 0.118. The maximum Gasteiger partial charge on any atom is 0.272 e. The highest BCUT2D eigenvalue weighted by atomic mass is 16.2. The van der Waals surface area contributed by atoms with Gasteiger partial charge < -0.3 is 10.6 Å². The number of aromatic nitrogens is 2. The summed E-state index contributed by atoms with van der Waals surface area (Å²) in [6.45, 7) is 7.48. The third kappa shape index (κ3) is 4.69. The number of hydrogen-bond acceptors (Lipinski definition) is 4. The molecule has 1 atom stereocenters. The van der Waals surface area contributed by atoms with Crippen molar-refractivity contribution in [3.05, 3.63) is 17.8 Å². The van der Waals surface area contributed by atoms with Crippen molar-refractivity contribution in [2.45, 2.75) is 58.9 Å². The first kappa shape index (κ1) is 15.7. The number of nitrogens with one attached hydrogen (secondary N) is 2. The molecule has 0 spiro atoms. The van der Waals surface area contributed by atoms with Crippen LogP contribution >= 0.6 is 0 Å².